The van der Waals surface area contributed by atoms with Crippen molar-refractivity contribution < 1.29 is 19.4 Å². The zero-order valence-electron chi connectivity index (χ0n) is 26.1. The Bertz CT molecular complexity index is 1860. The smallest absolute Gasteiger partial charge is 0.317 e. The molecular weight excluding hydrogens is 576 g/mol. The van der Waals surface area contributed by atoms with Crippen LogP contribution in [-0.2, 0) is 17.8 Å². The quantitative estimate of drug-likeness (QED) is 0.251. The fourth-order valence-electron chi connectivity index (χ4n) is 8.35. The standard InChI is InChI=1S/C38H40N4O4/c43-34(44)24-41-18-16-38(17-19-41,33-23-26-10-4-6-12-30(26)39-33)40-37(45)27-14-15-28-31(22-27)42-20-21-46-32-13-7-5-11-29(32)36(42)35(28)25-8-2-1-3-9-25/h4-7,10-15,22,25H,1-3,8-9,16-21,23-24H2,(H,40,45)(H,43,44). The van der Waals surface area contributed by atoms with Gasteiger partial charge >= 0.3 is 5.97 Å². The molecule has 0 unspecified atom stereocenters. The molecule has 3 aliphatic heterocycles. The average molecular weight is 617 g/mol. The predicted molar refractivity (Wildman–Crippen MR) is 179 cm³/mol. The molecule has 8 heteroatoms. The zero-order chi connectivity index (χ0) is 31.3. The molecule has 8 nitrogen and oxygen atoms in total. The summed E-state index contributed by atoms with van der Waals surface area (Å²) in [7, 11) is 0. The number of nitrogens with zero attached hydrogens (tertiary/aromatic N) is 3. The van der Waals surface area contributed by atoms with Gasteiger partial charge in [0, 0.05) is 47.3 Å². The SMILES string of the molecule is O=C(O)CN1CCC(NC(=O)c2ccc3c(C4CCCCC4)c4n(c3c2)CCOc2ccccc2-4)(C2=Nc3ccccc3C2)CC1. The first-order valence-corrected chi connectivity index (χ1v) is 16.8. The van der Waals surface area contributed by atoms with Crippen LogP contribution in [0.3, 0.4) is 0 Å². The highest BCUT2D eigenvalue weighted by Gasteiger charge is 2.42. The summed E-state index contributed by atoms with van der Waals surface area (Å²) in [5.74, 6) is 0.461. The lowest BCUT2D eigenvalue weighted by molar-refractivity contribution is -0.138. The van der Waals surface area contributed by atoms with Gasteiger partial charge in [0.1, 0.15) is 12.4 Å². The van der Waals surface area contributed by atoms with Crippen molar-refractivity contribution in [1.29, 1.82) is 0 Å². The highest BCUT2D eigenvalue weighted by molar-refractivity contribution is 6.07. The van der Waals surface area contributed by atoms with Gasteiger partial charge in [0.15, 0.2) is 0 Å². The molecule has 8 rings (SSSR count). The molecule has 1 saturated carbocycles. The molecule has 0 bridgehead atoms. The minimum Gasteiger partial charge on any atom is -0.491 e. The Balaban J connectivity index is 1.17. The van der Waals surface area contributed by atoms with Gasteiger partial charge in [-0.15, -0.1) is 0 Å². The number of carbonyl (C=O) groups excluding carboxylic acids is 1. The van der Waals surface area contributed by atoms with Gasteiger partial charge in [0.2, 0.25) is 0 Å². The number of para-hydroxylation sites is 2. The van der Waals surface area contributed by atoms with Gasteiger partial charge in [-0.1, -0.05) is 55.7 Å². The lowest BCUT2D eigenvalue weighted by Crippen LogP contribution is -2.60. The third-order valence-corrected chi connectivity index (χ3v) is 10.7. The van der Waals surface area contributed by atoms with Crippen LogP contribution < -0.4 is 10.1 Å². The van der Waals surface area contributed by atoms with Crippen LogP contribution in [0.25, 0.3) is 22.2 Å². The number of benzene rings is 3. The Morgan fingerprint density at radius 3 is 2.54 bits per heavy atom. The second-order valence-electron chi connectivity index (χ2n) is 13.4. The van der Waals surface area contributed by atoms with Crippen molar-refractivity contribution in [3.8, 4) is 17.0 Å². The number of amides is 1. The van der Waals surface area contributed by atoms with Gasteiger partial charge in [-0.2, -0.15) is 0 Å². The summed E-state index contributed by atoms with van der Waals surface area (Å²) >= 11 is 0. The summed E-state index contributed by atoms with van der Waals surface area (Å²) in [5.41, 5.74) is 7.92. The summed E-state index contributed by atoms with van der Waals surface area (Å²) in [6.45, 7) is 2.46. The van der Waals surface area contributed by atoms with Crippen molar-refractivity contribution in [2.24, 2.45) is 4.99 Å². The molecule has 4 heterocycles. The minimum absolute atomic E-state index is 0.00287. The number of aromatic nitrogens is 1. The number of carbonyl (C=O) groups is 2. The zero-order valence-corrected chi connectivity index (χ0v) is 26.1. The number of carboxylic acids is 1. The Morgan fingerprint density at radius 2 is 1.74 bits per heavy atom. The van der Waals surface area contributed by atoms with Gasteiger partial charge in [-0.05, 0) is 73.1 Å². The molecule has 0 spiro atoms. The fraction of sp³-hybridized carbons (Fsp3) is 0.395. The van der Waals surface area contributed by atoms with Crippen molar-refractivity contribution in [3.05, 3.63) is 83.4 Å². The molecule has 46 heavy (non-hydrogen) atoms. The fourth-order valence-corrected chi connectivity index (χ4v) is 8.35. The Labute approximate surface area is 269 Å². The highest BCUT2D eigenvalue weighted by Crippen LogP contribution is 2.47. The molecule has 0 radical (unpaired) electrons. The van der Waals surface area contributed by atoms with E-state index < -0.39 is 11.5 Å². The lowest BCUT2D eigenvalue weighted by Gasteiger charge is -2.42. The van der Waals surface area contributed by atoms with E-state index in [4.69, 9.17) is 9.73 Å². The molecule has 1 saturated heterocycles. The number of nitrogens with one attached hydrogen (secondary N) is 1. The summed E-state index contributed by atoms with van der Waals surface area (Å²) in [6.07, 6.45) is 8.06. The van der Waals surface area contributed by atoms with E-state index in [1.54, 1.807) is 0 Å². The van der Waals surface area contributed by atoms with Crippen molar-refractivity contribution in [2.75, 3.05) is 26.2 Å². The molecule has 3 aromatic carbocycles. The maximum atomic E-state index is 14.3. The van der Waals surface area contributed by atoms with Crippen LogP contribution in [0.1, 0.15) is 72.3 Å². The van der Waals surface area contributed by atoms with E-state index in [1.807, 2.05) is 35.2 Å². The number of likely N-dealkylation sites (tertiary alicyclic amines) is 1. The monoisotopic (exact) mass is 616 g/mol. The Morgan fingerprint density at radius 1 is 0.957 bits per heavy atom. The van der Waals surface area contributed by atoms with Crippen molar-refractivity contribution in [1.82, 2.24) is 14.8 Å². The number of fused-ring (bicyclic) bond motifs is 6. The lowest BCUT2D eigenvalue weighted by atomic mass is 9.80. The van der Waals surface area contributed by atoms with Gasteiger partial charge in [-0.3, -0.25) is 19.5 Å². The van der Waals surface area contributed by atoms with E-state index in [-0.39, 0.29) is 12.5 Å². The van der Waals surface area contributed by atoms with Crippen LogP contribution in [0.4, 0.5) is 5.69 Å². The third-order valence-electron chi connectivity index (χ3n) is 10.7. The maximum Gasteiger partial charge on any atom is 0.317 e. The minimum atomic E-state index is -0.831. The number of rotatable bonds is 6. The van der Waals surface area contributed by atoms with Crippen LogP contribution in [-0.4, -0.2) is 63.9 Å². The van der Waals surface area contributed by atoms with Gasteiger partial charge in [0.05, 0.1) is 30.0 Å². The topological polar surface area (TPSA) is 96.2 Å². The number of aliphatic carboxylic acids is 1. The van der Waals surface area contributed by atoms with E-state index in [0.29, 0.717) is 50.4 Å². The van der Waals surface area contributed by atoms with E-state index in [0.717, 1.165) is 40.3 Å². The summed E-state index contributed by atoms with van der Waals surface area (Å²) in [6, 6.07) is 22.7. The number of ether oxygens (including phenoxy) is 1. The van der Waals surface area contributed by atoms with Gasteiger partial charge in [-0.25, -0.2) is 0 Å². The van der Waals surface area contributed by atoms with Gasteiger partial charge in [0.25, 0.3) is 5.91 Å². The molecule has 4 aromatic rings. The number of carboxylic acid groups (broad SMARTS) is 1. The molecule has 1 aliphatic carbocycles. The maximum absolute atomic E-state index is 14.3. The summed E-state index contributed by atoms with van der Waals surface area (Å²) in [4.78, 5) is 32.7. The van der Waals surface area contributed by atoms with Crippen LogP contribution >= 0.6 is 0 Å². The third kappa shape index (κ3) is 5.09. The number of hydrogen-bond acceptors (Lipinski definition) is 5. The number of piperidine rings is 1. The highest BCUT2D eigenvalue weighted by atomic mass is 16.5. The van der Waals surface area contributed by atoms with E-state index in [1.165, 1.54) is 48.7 Å². The first-order chi connectivity index (χ1) is 22.5. The summed E-state index contributed by atoms with van der Waals surface area (Å²) in [5, 5.41) is 14.1. The van der Waals surface area contributed by atoms with Crippen molar-refractivity contribution >= 4 is 34.2 Å². The van der Waals surface area contributed by atoms with Crippen molar-refractivity contribution in [3.63, 3.8) is 0 Å². The Hall–Kier alpha value is -4.43. The van der Waals surface area contributed by atoms with Crippen LogP contribution in [0, 0.1) is 0 Å². The largest absolute Gasteiger partial charge is 0.491 e. The second-order valence-corrected chi connectivity index (χ2v) is 13.4. The van der Waals surface area contributed by atoms with E-state index in [2.05, 4.69) is 46.3 Å². The molecule has 0 atom stereocenters. The molecule has 4 aliphatic rings. The molecule has 1 aromatic heterocycles. The van der Waals surface area contributed by atoms with E-state index >= 15 is 0 Å². The normalized spacial score (nSPS) is 19.3. The van der Waals surface area contributed by atoms with Crippen LogP contribution in [0.5, 0.6) is 5.75 Å². The van der Waals surface area contributed by atoms with Crippen molar-refractivity contribution in [2.45, 2.75) is 69.4 Å². The van der Waals surface area contributed by atoms with E-state index in [9.17, 15) is 14.7 Å². The number of aliphatic imine (C=N–C) groups is 1. The Kier molecular flexibility index (Phi) is 7.40. The molecule has 1 amide bonds. The second kappa shape index (κ2) is 11.7. The van der Waals surface area contributed by atoms with Crippen LogP contribution in [0.15, 0.2) is 71.7 Å². The van der Waals surface area contributed by atoms with Crippen LogP contribution in [0.2, 0.25) is 0 Å². The average Bonchev–Trinajstić information content (AvgIpc) is 3.60. The molecule has 236 valence electrons. The molecular formula is C38H40N4O4. The number of hydrogen-bond donors (Lipinski definition) is 2. The first kappa shape index (κ1) is 29.0. The summed E-state index contributed by atoms with van der Waals surface area (Å²) < 4.78 is 8.62. The van der Waals surface area contributed by atoms with Gasteiger partial charge < -0.3 is 19.7 Å². The molecule has 2 N–H and O–H groups in total. The predicted octanol–water partition coefficient (Wildman–Crippen LogP) is 6.73. The molecule has 2 fully saturated rings. The first-order valence-electron chi connectivity index (χ1n) is 16.8.